The van der Waals surface area contributed by atoms with Gasteiger partial charge in [-0.1, -0.05) is 54.6 Å². The molecule has 4 heterocycles. The highest BCUT2D eigenvalue weighted by Gasteiger charge is 2.37. The summed E-state index contributed by atoms with van der Waals surface area (Å²) in [5.74, 6) is 0.950. The maximum Gasteiger partial charge on any atom is 0.408 e. The number of aromatic nitrogens is 1. The molecule has 3 fully saturated rings. The molecular formula is C42H45N5O8. The van der Waals surface area contributed by atoms with Crippen molar-refractivity contribution in [3.8, 4) is 17.2 Å². The van der Waals surface area contributed by atoms with Crippen LogP contribution in [0.5, 0.6) is 17.2 Å². The molecule has 0 spiro atoms. The number of ether oxygens (including phenoxy) is 3. The Labute approximate surface area is 318 Å². The number of aromatic amines is 1. The number of aliphatic hydroxyl groups is 1. The Balaban J connectivity index is 0.935. The summed E-state index contributed by atoms with van der Waals surface area (Å²) in [7, 11) is 1.54. The van der Waals surface area contributed by atoms with Crippen molar-refractivity contribution in [1.29, 1.82) is 0 Å². The van der Waals surface area contributed by atoms with Crippen molar-refractivity contribution in [2.75, 3.05) is 45.2 Å². The molecule has 13 heteroatoms. The number of hydrogen-bond acceptors (Lipinski definition) is 10. The van der Waals surface area contributed by atoms with Crippen LogP contribution in [0.25, 0.3) is 10.9 Å². The highest BCUT2D eigenvalue weighted by molar-refractivity contribution is 5.92. The first-order valence-corrected chi connectivity index (χ1v) is 18.4. The molecule has 3 saturated heterocycles. The van der Waals surface area contributed by atoms with Gasteiger partial charge in [0, 0.05) is 48.4 Å². The highest BCUT2D eigenvalue weighted by atomic mass is 16.6. The number of alkyl carbamates (subject to hydrolysis) is 1. The molecule has 0 saturated carbocycles. The molecule has 6 N–H and O–H groups in total. The van der Waals surface area contributed by atoms with E-state index in [2.05, 4.69) is 25.8 Å². The number of phenols is 1. The largest absolute Gasteiger partial charge is 0.506 e. The van der Waals surface area contributed by atoms with E-state index in [1.165, 1.54) is 19.2 Å². The van der Waals surface area contributed by atoms with Gasteiger partial charge in [0.1, 0.15) is 23.4 Å². The Kier molecular flexibility index (Phi) is 11.6. The van der Waals surface area contributed by atoms with Gasteiger partial charge in [-0.15, -0.1) is 0 Å². The predicted molar refractivity (Wildman–Crippen MR) is 207 cm³/mol. The fourth-order valence-electron chi connectivity index (χ4n) is 7.44. The number of aromatic hydroxyl groups is 1. The number of piperidine rings is 3. The fourth-order valence-corrected chi connectivity index (χ4v) is 7.44. The molecule has 2 amide bonds. The zero-order valence-electron chi connectivity index (χ0n) is 30.5. The van der Waals surface area contributed by atoms with Crippen LogP contribution >= 0.6 is 0 Å². The van der Waals surface area contributed by atoms with Crippen molar-refractivity contribution in [2.45, 2.75) is 37.6 Å². The predicted octanol–water partition coefficient (Wildman–Crippen LogP) is 4.99. The number of anilines is 1. The van der Waals surface area contributed by atoms with Crippen molar-refractivity contribution in [3.63, 3.8) is 0 Å². The van der Waals surface area contributed by atoms with Gasteiger partial charge in [0.25, 0.3) is 5.91 Å². The summed E-state index contributed by atoms with van der Waals surface area (Å²) in [6.45, 7) is 3.18. The monoisotopic (exact) mass is 747 g/mol. The average Bonchev–Trinajstić information content (AvgIpc) is 3.20. The molecule has 3 aliphatic heterocycles. The third-order valence-electron chi connectivity index (χ3n) is 10.3. The number of nitrogens with zero attached hydrogens (tertiary/aromatic N) is 1. The molecule has 0 radical (unpaired) electrons. The molecule has 2 bridgehead atoms. The Hall–Kier alpha value is -5.89. The Morgan fingerprint density at radius 1 is 0.945 bits per heavy atom. The van der Waals surface area contributed by atoms with Crippen LogP contribution in [0.3, 0.4) is 0 Å². The minimum Gasteiger partial charge on any atom is -0.506 e. The molecule has 13 nitrogen and oxygen atoms in total. The number of nitrogens with one attached hydrogen (secondary N) is 4. The van der Waals surface area contributed by atoms with Gasteiger partial charge in [-0.2, -0.15) is 0 Å². The van der Waals surface area contributed by atoms with Crippen LogP contribution in [0.15, 0.2) is 102 Å². The van der Waals surface area contributed by atoms with E-state index in [0.717, 1.165) is 49.2 Å². The molecule has 4 aromatic carbocycles. The first kappa shape index (κ1) is 37.4. The lowest BCUT2D eigenvalue weighted by Crippen LogP contribution is -2.52. The minimum absolute atomic E-state index is 0.0751. The third-order valence-corrected chi connectivity index (χ3v) is 10.3. The van der Waals surface area contributed by atoms with Gasteiger partial charge in [0.05, 0.1) is 24.8 Å². The van der Waals surface area contributed by atoms with E-state index in [-0.39, 0.29) is 42.0 Å². The van der Waals surface area contributed by atoms with E-state index in [4.69, 9.17) is 14.2 Å². The summed E-state index contributed by atoms with van der Waals surface area (Å²) in [5.41, 5.74) is 3.46. The number of methoxy groups -OCH3 is 1. The maximum absolute atomic E-state index is 13.2. The average molecular weight is 748 g/mol. The summed E-state index contributed by atoms with van der Waals surface area (Å²) in [4.78, 5) is 42.9. The van der Waals surface area contributed by atoms with Crippen LogP contribution in [0, 0.1) is 5.92 Å². The number of amides is 2. The highest BCUT2D eigenvalue weighted by Crippen LogP contribution is 2.32. The van der Waals surface area contributed by atoms with Crippen molar-refractivity contribution >= 4 is 28.6 Å². The number of benzene rings is 4. The summed E-state index contributed by atoms with van der Waals surface area (Å²) < 4.78 is 17.4. The van der Waals surface area contributed by atoms with Crippen LogP contribution in [-0.4, -0.2) is 78.1 Å². The fraction of sp³-hybridized carbons (Fsp3) is 0.310. The standard InChI is InChI=1S/C42H45N5O8/c1-53-36-21-30(11-10-29(36)22-43-23-35(49)32-12-14-34(48)41-33(32)13-15-38(50)45-41)44-39(51)25-54-31-9-5-8-28(20-31)40(27-6-3-2-4-7-27)46-42(52)55-37-24-47-18-16-26(37)17-19-47/h2-15,20-21,26,35,37,40,43,48-49H,16-19,22-25H2,1H3,(H,44,51)(H,45,50)(H,46,52)/t35-,37+,40?/m1/s1. The maximum atomic E-state index is 13.2. The number of carbonyl (C=O) groups excluding carboxylic acids is 2. The summed E-state index contributed by atoms with van der Waals surface area (Å²) in [5, 5.41) is 30.7. The van der Waals surface area contributed by atoms with Gasteiger partial charge in [-0.05, 0) is 78.9 Å². The van der Waals surface area contributed by atoms with E-state index < -0.39 is 18.2 Å². The van der Waals surface area contributed by atoms with Gasteiger partial charge in [0.15, 0.2) is 6.61 Å². The molecule has 55 heavy (non-hydrogen) atoms. The molecule has 1 unspecified atom stereocenters. The van der Waals surface area contributed by atoms with E-state index in [9.17, 15) is 24.6 Å². The molecule has 3 aliphatic rings. The van der Waals surface area contributed by atoms with Crippen LogP contribution in [0.4, 0.5) is 10.5 Å². The minimum atomic E-state index is -0.920. The van der Waals surface area contributed by atoms with Gasteiger partial charge in [-0.3, -0.25) is 14.5 Å². The molecule has 0 aliphatic carbocycles. The summed E-state index contributed by atoms with van der Waals surface area (Å²) in [6.07, 6.45) is 0.591. The molecular weight excluding hydrogens is 702 g/mol. The number of rotatable bonds is 14. The van der Waals surface area contributed by atoms with E-state index >= 15 is 0 Å². The number of aliphatic hydroxyl groups excluding tert-OH is 1. The first-order chi connectivity index (χ1) is 26.7. The second kappa shape index (κ2) is 17.1. The Morgan fingerprint density at radius 2 is 1.75 bits per heavy atom. The van der Waals surface area contributed by atoms with Gasteiger partial charge in [-0.25, -0.2) is 4.79 Å². The van der Waals surface area contributed by atoms with Crippen molar-refractivity contribution in [2.24, 2.45) is 5.92 Å². The normalized spacial score (nSPS) is 18.6. The SMILES string of the molecule is COc1cc(NC(=O)COc2cccc(C(NC(=O)O[C@H]3CN4CCC3CC4)c3ccccc3)c2)ccc1CNC[C@@H](O)c1ccc(O)c2[nH]c(=O)ccc12. The summed E-state index contributed by atoms with van der Waals surface area (Å²) in [6, 6.07) is 27.7. The van der Waals surface area contributed by atoms with Crippen molar-refractivity contribution in [3.05, 3.63) is 130 Å². The quantitative estimate of drug-likeness (QED) is 0.0909. The first-order valence-electron chi connectivity index (χ1n) is 18.4. The third kappa shape index (κ3) is 9.08. The molecule has 5 aromatic rings. The smallest absolute Gasteiger partial charge is 0.408 e. The van der Waals surface area contributed by atoms with Crippen LogP contribution < -0.4 is 31.0 Å². The van der Waals surface area contributed by atoms with Crippen molar-refractivity contribution < 1.29 is 34.0 Å². The number of H-pyrrole nitrogens is 1. The lowest BCUT2D eigenvalue weighted by molar-refractivity contribution is -0.118. The summed E-state index contributed by atoms with van der Waals surface area (Å²) >= 11 is 0. The van der Waals surface area contributed by atoms with E-state index in [1.807, 2.05) is 54.6 Å². The molecule has 8 rings (SSSR count). The van der Waals surface area contributed by atoms with E-state index in [1.54, 1.807) is 30.3 Å². The van der Waals surface area contributed by atoms with Crippen LogP contribution in [-0.2, 0) is 16.1 Å². The molecule has 286 valence electrons. The molecule has 3 atom stereocenters. The number of pyridine rings is 1. The number of hydrogen-bond donors (Lipinski definition) is 6. The number of carbonyl (C=O) groups is 2. The zero-order valence-corrected chi connectivity index (χ0v) is 30.5. The van der Waals surface area contributed by atoms with Crippen molar-refractivity contribution in [1.82, 2.24) is 20.5 Å². The van der Waals surface area contributed by atoms with Gasteiger partial charge < -0.3 is 45.4 Å². The second-order valence-corrected chi connectivity index (χ2v) is 13.9. The van der Waals surface area contributed by atoms with Crippen LogP contribution in [0.1, 0.15) is 47.2 Å². The van der Waals surface area contributed by atoms with E-state index in [0.29, 0.717) is 40.6 Å². The zero-order chi connectivity index (χ0) is 38.3. The van der Waals surface area contributed by atoms with Gasteiger partial charge in [0.2, 0.25) is 5.56 Å². The van der Waals surface area contributed by atoms with Crippen LogP contribution in [0.2, 0.25) is 0 Å². The lowest BCUT2D eigenvalue weighted by Gasteiger charge is -2.43. The second-order valence-electron chi connectivity index (χ2n) is 13.9. The number of fused-ring (bicyclic) bond motifs is 4. The van der Waals surface area contributed by atoms with Gasteiger partial charge >= 0.3 is 6.09 Å². The number of phenolic OH excluding ortho intramolecular Hbond substituents is 1. The topological polar surface area (TPSA) is 174 Å². The Morgan fingerprint density at radius 3 is 2.51 bits per heavy atom. The molecule has 1 aromatic heterocycles. The lowest BCUT2D eigenvalue weighted by atomic mass is 9.86. The Bertz CT molecular complexity index is 2190.